The lowest BCUT2D eigenvalue weighted by Crippen LogP contribution is -2.32. The van der Waals surface area contributed by atoms with E-state index in [2.05, 4.69) is 0 Å². The van der Waals surface area contributed by atoms with Crippen LogP contribution >= 0.6 is 0 Å². The fraction of sp³-hybridized carbons (Fsp3) is 0.438. The van der Waals surface area contributed by atoms with Crippen molar-refractivity contribution in [1.82, 2.24) is 5.06 Å². The molecular weight excluding hydrogens is 270 g/mol. The van der Waals surface area contributed by atoms with Crippen LogP contribution in [0.3, 0.4) is 0 Å². The molecule has 0 radical (unpaired) electrons. The van der Waals surface area contributed by atoms with Crippen LogP contribution < -0.4 is 0 Å². The summed E-state index contributed by atoms with van der Waals surface area (Å²) < 4.78 is 0. The van der Waals surface area contributed by atoms with Crippen LogP contribution in [0.25, 0.3) is 0 Å². The van der Waals surface area contributed by atoms with E-state index >= 15 is 0 Å². The van der Waals surface area contributed by atoms with Crippen molar-refractivity contribution in [3.63, 3.8) is 0 Å². The molecule has 2 fully saturated rings. The van der Waals surface area contributed by atoms with E-state index in [9.17, 15) is 14.4 Å². The van der Waals surface area contributed by atoms with Crippen LogP contribution in [0, 0.1) is 17.8 Å². The van der Waals surface area contributed by atoms with Gasteiger partial charge in [0, 0.05) is 0 Å². The van der Waals surface area contributed by atoms with E-state index in [0.717, 1.165) is 12.3 Å². The highest BCUT2D eigenvalue weighted by atomic mass is 16.7. The molecule has 2 amide bonds. The third-order valence-electron chi connectivity index (χ3n) is 4.58. The number of benzene rings is 1. The second-order valence-electron chi connectivity index (χ2n) is 6.11. The Morgan fingerprint density at radius 1 is 1.14 bits per heavy atom. The molecule has 1 aromatic carbocycles. The SMILES string of the molecule is O=C(C[C@@H]1C[C@H]1C1CC1)ON1C(=O)c2ccccc2C1=O. The monoisotopic (exact) mass is 285 g/mol. The molecular formula is C16H15NO4. The maximum atomic E-state index is 12.1. The van der Waals surface area contributed by atoms with Gasteiger partial charge >= 0.3 is 5.97 Å². The minimum absolute atomic E-state index is 0.289. The number of fused-ring (bicyclic) bond motifs is 1. The first kappa shape index (κ1) is 12.6. The Kier molecular flexibility index (Phi) is 2.64. The molecule has 4 rings (SSSR count). The Bertz CT molecular complexity index is 614. The van der Waals surface area contributed by atoms with Crippen molar-refractivity contribution < 1.29 is 19.2 Å². The van der Waals surface area contributed by atoms with E-state index in [1.165, 1.54) is 12.8 Å². The summed E-state index contributed by atoms with van der Waals surface area (Å²) in [5, 5.41) is 0.599. The van der Waals surface area contributed by atoms with Crippen molar-refractivity contribution in [2.24, 2.45) is 17.8 Å². The van der Waals surface area contributed by atoms with Gasteiger partial charge in [-0.1, -0.05) is 17.2 Å². The summed E-state index contributed by atoms with van der Waals surface area (Å²) in [4.78, 5) is 41.0. The number of amides is 2. The summed E-state index contributed by atoms with van der Waals surface area (Å²) in [7, 11) is 0. The molecule has 0 unspecified atom stereocenters. The molecule has 2 atom stereocenters. The summed E-state index contributed by atoms with van der Waals surface area (Å²) in [6, 6.07) is 6.49. The quantitative estimate of drug-likeness (QED) is 0.795. The van der Waals surface area contributed by atoms with Crippen LogP contribution in [-0.2, 0) is 9.63 Å². The first-order chi connectivity index (χ1) is 10.1. The van der Waals surface area contributed by atoms with Crippen molar-refractivity contribution in [3.8, 4) is 0 Å². The van der Waals surface area contributed by atoms with Crippen molar-refractivity contribution in [1.29, 1.82) is 0 Å². The van der Waals surface area contributed by atoms with Crippen LogP contribution in [0.1, 0.15) is 46.4 Å². The summed E-state index contributed by atoms with van der Waals surface area (Å²) in [6.45, 7) is 0. The van der Waals surface area contributed by atoms with Gasteiger partial charge in [0.05, 0.1) is 17.5 Å². The lowest BCUT2D eigenvalue weighted by molar-refractivity contribution is -0.169. The Hall–Kier alpha value is -2.17. The standard InChI is InChI=1S/C16H15NO4/c18-14(8-10-7-13(10)9-5-6-9)21-17-15(19)11-3-1-2-4-12(11)16(17)20/h1-4,9-10,13H,5-8H2/t10-,13-/m0/s1. The number of carbonyl (C=O) groups is 3. The minimum atomic E-state index is -0.557. The highest BCUT2D eigenvalue weighted by Crippen LogP contribution is 2.55. The third-order valence-corrected chi connectivity index (χ3v) is 4.58. The largest absolute Gasteiger partial charge is 0.333 e. The smallest absolute Gasteiger partial charge is 0.330 e. The van der Waals surface area contributed by atoms with Crippen molar-refractivity contribution in [3.05, 3.63) is 35.4 Å². The average molecular weight is 285 g/mol. The Morgan fingerprint density at radius 3 is 2.33 bits per heavy atom. The predicted molar refractivity (Wildman–Crippen MR) is 72.0 cm³/mol. The number of carbonyl (C=O) groups excluding carboxylic acids is 3. The minimum Gasteiger partial charge on any atom is -0.330 e. The normalized spacial score (nSPS) is 26.8. The number of imide groups is 1. The molecule has 5 heteroatoms. The second kappa shape index (κ2) is 4.41. The number of hydrogen-bond acceptors (Lipinski definition) is 4. The van der Waals surface area contributed by atoms with Gasteiger partial charge in [-0.25, -0.2) is 4.79 Å². The van der Waals surface area contributed by atoms with E-state index in [1.54, 1.807) is 24.3 Å². The molecule has 108 valence electrons. The Balaban J connectivity index is 1.40. The van der Waals surface area contributed by atoms with Gasteiger partial charge in [0.15, 0.2) is 0 Å². The molecule has 21 heavy (non-hydrogen) atoms. The maximum absolute atomic E-state index is 12.1. The lowest BCUT2D eigenvalue weighted by atomic mass is 10.1. The van der Waals surface area contributed by atoms with E-state index in [-0.39, 0.29) is 11.1 Å². The number of rotatable bonds is 4. The molecule has 0 N–H and O–H groups in total. The molecule has 2 saturated carbocycles. The molecule has 0 bridgehead atoms. The molecule has 1 aliphatic heterocycles. The van der Waals surface area contributed by atoms with Gasteiger partial charge in [-0.05, 0) is 49.1 Å². The van der Waals surface area contributed by atoms with E-state index in [1.807, 2.05) is 0 Å². The fourth-order valence-corrected chi connectivity index (χ4v) is 3.21. The molecule has 0 spiro atoms. The van der Waals surface area contributed by atoms with Gasteiger partial charge in [-0.3, -0.25) is 9.59 Å². The predicted octanol–water partition coefficient (Wildman–Crippen LogP) is 2.18. The first-order valence-electron chi connectivity index (χ1n) is 7.34. The highest BCUT2D eigenvalue weighted by Gasteiger charge is 2.48. The van der Waals surface area contributed by atoms with Crippen molar-refractivity contribution in [2.45, 2.75) is 25.7 Å². The van der Waals surface area contributed by atoms with Crippen LogP contribution in [0.5, 0.6) is 0 Å². The molecule has 2 aliphatic carbocycles. The van der Waals surface area contributed by atoms with Crippen LogP contribution in [0.2, 0.25) is 0 Å². The molecule has 1 heterocycles. The van der Waals surface area contributed by atoms with Gasteiger partial charge < -0.3 is 4.84 Å². The Morgan fingerprint density at radius 2 is 1.76 bits per heavy atom. The van der Waals surface area contributed by atoms with Crippen molar-refractivity contribution in [2.75, 3.05) is 0 Å². The fourth-order valence-electron chi connectivity index (χ4n) is 3.21. The third kappa shape index (κ3) is 2.13. The van der Waals surface area contributed by atoms with Gasteiger partial charge in [0.1, 0.15) is 0 Å². The van der Waals surface area contributed by atoms with E-state index in [4.69, 9.17) is 4.84 Å². The van der Waals surface area contributed by atoms with Gasteiger partial charge in [0.2, 0.25) is 0 Å². The summed E-state index contributed by atoms with van der Waals surface area (Å²) in [5.41, 5.74) is 0.579. The van der Waals surface area contributed by atoms with Crippen LogP contribution in [0.4, 0.5) is 0 Å². The topological polar surface area (TPSA) is 63.7 Å². The van der Waals surface area contributed by atoms with Gasteiger partial charge in [-0.2, -0.15) is 0 Å². The molecule has 1 aromatic rings. The Labute approximate surface area is 121 Å². The molecule has 0 aromatic heterocycles. The lowest BCUT2D eigenvalue weighted by Gasteiger charge is -2.12. The molecule has 0 saturated heterocycles. The van der Waals surface area contributed by atoms with E-state index < -0.39 is 17.8 Å². The van der Waals surface area contributed by atoms with Gasteiger partial charge in [-0.15, -0.1) is 0 Å². The first-order valence-corrected chi connectivity index (χ1v) is 7.34. The van der Waals surface area contributed by atoms with E-state index in [0.29, 0.717) is 23.3 Å². The summed E-state index contributed by atoms with van der Waals surface area (Å²) in [6.07, 6.45) is 3.92. The average Bonchev–Trinajstić information content (AvgIpc) is 3.36. The van der Waals surface area contributed by atoms with Crippen molar-refractivity contribution >= 4 is 17.8 Å². The maximum Gasteiger partial charge on any atom is 0.333 e. The zero-order chi connectivity index (χ0) is 14.6. The second-order valence-corrected chi connectivity index (χ2v) is 6.11. The van der Waals surface area contributed by atoms with Gasteiger partial charge in [0.25, 0.3) is 11.8 Å². The zero-order valence-electron chi connectivity index (χ0n) is 11.5. The number of hydrogen-bond donors (Lipinski definition) is 0. The summed E-state index contributed by atoms with van der Waals surface area (Å²) >= 11 is 0. The van der Waals surface area contributed by atoms with Crippen LogP contribution in [-0.4, -0.2) is 22.8 Å². The molecule has 5 nitrogen and oxygen atoms in total. The van der Waals surface area contributed by atoms with Crippen LogP contribution in [0.15, 0.2) is 24.3 Å². The number of nitrogens with zero attached hydrogens (tertiary/aromatic N) is 1. The number of hydroxylamine groups is 2. The molecule has 3 aliphatic rings. The zero-order valence-corrected chi connectivity index (χ0v) is 11.5. The summed E-state index contributed by atoms with van der Waals surface area (Å²) in [5.74, 6) is 0.219. The highest BCUT2D eigenvalue weighted by molar-refractivity contribution is 6.20.